The Morgan fingerprint density at radius 1 is 1.00 bits per heavy atom. The van der Waals surface area contributed by atoms with E-state index in [1.165, 1.54) is 11.8 Å². The normalized spacial score (nSPS) is 11.8. The van der Waals surface area contributed by atoms with Gasteiger partial charge in [0, 0.05) is 5.69 Å². The molecule has 0 aliphatic carbocycles. The van der Waals surface area contributed by atoms with Crippen LogP contribution >= 0.6 is 15.9 Å². The van der Waals surface area contributed by atoms with Gasteiger partial charge in [0.15, 0.2) is 0 Å². The first-order valence-electron chi connectivity index (χ1n) is 11.5. The fourth-order valence-corrected chi connectivity index (χ4v) is 3.93. The van der Waals surface area contributed by atoms with Crippen molar-refractivity contribution in [1.82, 2.24) is 5.43 Å². The molecule has 36 heavy (non-hydrogen) atoms. The standard InChI is InChI=1S/C28H30BrN3O4/c1-18(2)26(27(33)31-22-10-12-23(35-4)13-11-22)28(34)32-30-16-21-9-14-25(24(29)15-21)36-17-20-7-5-19(3)6-8-20/h5-16,18,26H,17H2,1-4H3,(H,31,33)(H,32,34). The molecule has 0 saturated carbocycles. The zero-order valence-electron chi connectivity index (χ0n) is 20.7. The van der Waals surface area contributed by atoms with Gasteiger partial charge in [0.25, 0.3) is 5.91 Å². The molecule has 188 valence electrons. The van der Waals surface area contributed by atoms with Gasteiger partial charge < -0.3 is 14.8 Å². The van der Waals surface area contributed by atoms with Gasteiger partial charge in [0.05, 0.1) is 17.8 Å². The van der Waals surface area contributed by atoms with E-state index in [4.69, 9.17) is 9.47 Å². The number of hydrogen-bond acceptors (Lipinski definition) is 5. The third-order valence-electron chi connectivity index (χ3n) is 5.45. The predicted octanol–water partition coefficient (Wildman–Crippen LogP) is 5.71. The van der Waals surface area contributed by atoms with Crippen LogP contribution in [-0.4, -0.2) is 25.1 Å². The summed E-state index contributed by atoms with van der Waals surface area (Å²) in [6.07, 6.45) is 1.52. The summed E-state index contributed by atoms with van der Waals surface area (Å²) in [5.41, 5.74) is 6.11. The molecule has 0 aliphatic heterocycles. The van der Waals surface area contributed by atoms with E-state index < -0.39 is 17.7 Å². The SMILES string of the molecule is COc1ccc(NC(=O)C(C(=O)NN=Cc2ccc(OCc3ccc(C)cc3)c(Br)c2)C(C)C)cc1. The van der Waals surface area contributed by atoms with E-state index in [2.05, 4.69) is 31.8 Å². The van der Waals surface area contributed by atoms with Crippen molar-refractivity contribution in [3.05, 3.63) is 87.9 Å². The van der Waals surface area contributed by atoms with Crippen LogP contribution in [0.25, 0.3) is 0 Å². The highest BCUT2D eigenvalue weighted by atomic mass is 79.9. The molecule has 0 spiro atoms. The molecule has 7 nitrogen and oxygen atoms in total. The molecule has 0 heterocycles. The van der Waals surface area contributed by atoms with Crippen molar-refractivity contribution < 1.29 is 19.1 Å². The van der Waals surface area contributed by atoms with Crippen LogP contribution in [0.3, 0.4) is 0 Å². The second-order valence-electron chi connectivity index (χ2n) is 8.64. The maximum atomic E-state index is 12.8. The van der Waals surface area contributed by atoms with Gasteiger partial charge in [0.1, 0.15) is 24.0 Å². The smallest absolute Gasteiger partial charge is 0.252 e. The summed E-state index contributed by atoms with van der Waals surface area (Å²) in [7, 11) is 1.57. The summed E-state index contributed by atoms with van der Waals surface area (Å²) in [5, 5.41) is 6.82. The number of methoxy groups -OCH3 is 1. The fraction of sp³-hybridized carbons (Fsp3) is 0.250. The average molecular weight is 552 g/mol. The Morgan fingerprint density at radius 2 is 1.69 bits per heavy atom. The Hall–Kier alpha value is -3.65. The number of hydrogen-bond donors (Lipinski definition) is 2. The predicted molar refractivity (Wildman–Crippen MR) is 145 cm³/mol. The molecule has 0 aromatic heterocycles. The number of ether oxygens (including phenoxy) is 2. The van der Waals surface area contributed by atoms with E-state index in [1.54, 1.807) is 31.4 Å². The van der Waals surface area contributed by atoms with Crippen LogP contribution in [0.5, 0.6) is 11.5 Å². The lowest BCUT2D eigenvalue weighted by Crippen LogP contribution is -2.39. The summed E-state index contributed by atoms with van der Waals surface area (Å²) in [6.45, 7) is 6.13. The van der Waals surface area contributed by atoms with Crippen LogP contribution in [0.4, 0.5) is 5.69 Å². The highest BCUT2D eigenvalue weighted by Crippen LogP contribution is 2.26. The monoisotopic (exact) mass is 551 g/mol. The van der Waals surface area contributed by atoms with E-state index in [0.29, 0.717) is 23.8 Å². The summed E-state index contributed by atoms with van der Waals surface area (Å²) in [5.74, 6) is -0.638. The first kappa shape index (κ1) is 26.9. The number of anilines is 1. The molecule has 0 aliphatic rings. The van der Waals surface area contributed by atoms with E-state index in [-0.39, 0.29) is 5.92 Å². The zero-order valence-corrected chi connectivity index (χ0v) is 22.3. The highest BCUT2D eigenvalue weighted by Gasteiger charge is 2.30. The number of benzene rings is 3. The first-order chi connectivity index (χ1) is 17.3. The Morgan fingerprint density at radius 3 is 2.31 bits per heavy atom. The second kappa shape index (κ2) is 12.9. The van der Waals surface area contributed by atoms with Crippen LogP contribution in [0.1, 0.15) is 30.5 Å². The van der Waals surface area contributed by atoms with Crippen molar-refractivity contribution >= 4 is 39.6 Å². The molecule has 3 rings (SSSR count). The Labute approximate surface area is 220 Å². The minimum absolute atomic E-state index is 0.224. The molecular formula is C28H30BrN3O4. The van der Waals surface area contributed by atoms with E-state index in [1.807, 2.05) is 63.2 Å². The Bertz CT molecular complexity index is 1210. The molecule has 8 heteroatoms. The number of amides is 2. The van der Waals surface area contributed by atoms with Crippen molar-refractivity contribution in [3.63, 3.8) is 0 Å². The van der Waals surface area contributed by atoms with Crippen molar-refractivity contribution in [2.75, 3.05) is 12.4 Å². The highest BCUT2D eigenvalue weighted by molar-refractivity contribution is 9.10. The van der Waals surface area contributed by atoms with Crippen molar-refractivity contribution in [2.24, 2.45) is 16.9 Å². The second-order valence-corrected chi connectivity index (χ2v) is 9.49. The molecule has 2 amide bonds. The maximum absolute atomic E-state index is 12.8. The Kier molecular flexibility index (Phi) is 9.64. The molecule has 3 aromatic rings. The summed E-state index contributed by atoms with van der Waals surface area (Å²) in [4.78, 5) is 25.5. The average Bonchev–Trinajstić information content (AvgIpc) is 2.85. The topological polar surface area (TPSA) is 89.0 Å². The van der Waals surface area contributed by atoms with Crippen LogP contribution < -0.4 is 20.2 Å². The maximum Gasteiger partial charge on any atom is 0.252 e. The van der Waals surface area contributed by atoms with Crippen LogP contribution in [0.15, 0.2) is 76.3 Å². The molecule has 1 unspecified atom stereocenters. The first-order valence-corrected chi connectivity index (χ1v) is 12.3. The van der Waals surface area contributed by atoms with Gasteiger partial charge in [-0.15, -0.1) is 0 Å². The number of hydrazone groups is 1. The number of nitrogens with zero attached hydrogens (tertiary/aromatic N) is 1. The number of carbonyl (C=O) groups excluding carboxylic acids is 2. The van der Waals surface area contributed by atoms with E-state index in [9.17, 15) is 9.59 Å². The zero-order chi connectivity index (χ0) is 26.1. The summed E-state index contributed by atoms with van der Waals surface area (Å²) in [6, 6.07) is 20.6. The number of nitrogens with one attached hydrogen (secondary N) is 2. The minimum atomic E-state index is -0.909. The van der Waals surface area contributed by atoms with Gasteiger partial charge in [-0.1, -0.05) is 43.7 Å². The number of carbonyl (C=O) groups is 2. The van der Waals surface area contributed by atoms with Crippen molar-refractivity contribution in [1.29, 1.82) is 0 Å². The number of rotatable bonds is 10. The van der Waals surface area contributed by atoms with Gasteiger partial charge >= 0.3 is 0 Å². The molecular weight excluding hydrogens is 522 g/mol. The molecule has 1 atom stereocenters. The lowest BCUT2D eigenvalue weighted by atomic mass is 9.94. The molecule has 0 fully saturated rings. The Balaban J connectivity index is 1.57. The van der Waals surface area contributed by atoms with Gasteiger partial charge in [-0.05, 0) is 82.4 Å². The van der Waals surface area contributed by atoms with Crippen molar-refractivity contribution in [2.45, 2.75) is 27.4 Å². The van der Waals surface area contributed by atoms with E-state index >= 15 is 0 Å². The fourth-order valence-electron chi connectivity index (χ4n) is 3.42. The van der Waals surface area contributed by atoms with Crippen LogP contribution in [0, 0.1) is 18.8 Å². The minimum Gasteiger partial charge on any atom is -0.497 e. The molecule has 0 radical (unpaired) electrons. The van der Waals surface area contributed by atoms with Crippen LogP contribution in [0.2, 0.25) is 0 Å². The molecule has 2 N–H and O–H groups in total. The summed E-state index contributed by atoms with van der Waals surface area (Å²) < 4.78 is 11.8. The largest absolute Gasteiger partial charge is 0.497 e. The van der Waals surface area contributed by atoms with Crippen molar-refractivity contribution in [3.8, 4) is 11.5 Å². The third-order valence-corrected chi connectivity index (χ3v) is 6.07. The quantitative estimate of drug-likeness (QED) is 0.192. The van der Waals surface area contributed by atoms with Gasteiger partial charge in [-0.25, -0.2) is 5.43 Å². The van der Waals surface area contributed by atoms with Gasteiger partial charge in [0.2, 0.25) is 5.91 Å². The van der Waals surface area contributed by atoms with Crippen LogP contribution in [-0.2, 0) is 16.2 Å². The molecule has 0 bridgehead atoms. The number of halogens is 1. The van der Waals surface area contributed by atoms with E-state index in [0.717, 1.165) is 15.6 Å². The van der Waals surface area contributed by atoms with Gasteiger partial charge in [-0.3, -0.25) is 9.59 Å². The number of aryl methyl sites for hydroxylation is 1. The molecule has 0 saturated heterocycles. The lowest BCUT2D eigenvalue weighted by Gasteiger charge is -2.18. The third kappa shape index (κ3) is 7.68. The molecule has 3 aromatic carbocycles. The summed E-state index contributed by atoms with van der Waals surface area (Å²) >= 11 is 3.52. The lowest BCUT2D eigenvalue weighted by molar-refractivity contribution is -0.134. The van der Waals surface area contributed by atoms with Gasteiger partial charge in [-0.2, -0.15) is 5.10 Å².